The average molecular weight is 288 g/mol. The summed E-state index contributed by atoms with van der Waals surface area (Å²) in [5, 5.41) is 9.99. The number of hydrogen-bond donors (Lipinski definition) is 2. The number of H-pyrrole nitrogens is 1. The Bertz CT molecular complexity index is 802. The highest BCUT2D eigenvalue weighted by Gasteiger charge is 2.13. The van der Waals surface area contributed by atoms with Crippen LogP contribution < -0.4 is 0 Å². The Hall–Kier alpha value is -2.55. The van der Waals surface area contributed by atoms with Crippen LogP contribution in [0.4, 0.5) is 0 Å². The first-order chi connectivity index (χ1) is 9.65. The molecule has 100 valence electrons. The van der Waals surface area contributed by atoms with E-state index >= 15 is 0 Å². The van der Waals surface area contributed by atoms with Gasteiger partial charge in [-0.1, -0.05) is 0 Å². The normalized spacial score (nSPS) is 10.8. The number of aromatic nitrogens is 6. The molecule has 0 aromatic carbocycles. The van der Waals surface area contributed by atoms with Gasteiger partial charge in [-0.15, -0.1) is 0 Å². The number of aryl methyl sites for hydroxylation is 1. The van der Waals surface area contributed by atoms with Crippen molar-refractivity contribution in [2.45, 2.75) is 17.1 Å². The summed E-state index contributed by atoms with van der Waals surface area (Å²) in [7, 11) is 0. The lowest BCUT2D eigenvalue weighted by Crippen LogP contribution is -2.04. The van der Waals surface area contributed by atoms with Crippen molar-refractivity contribution in [2.24, 2.45) is 0 Å². The molecule has 0 spiro atoms. The monoisotopic (exact) mass is 288 g/mol. The molecule has 9 heteroatoms. The van der Waals surface area contributed by atoms with Crippen molar-refractivity contribution in [1.82, 2.24) is 29.9 Å². The zero-order valence-corrected chi connectivity index (χ0v) is 11.0. The first-order valence-electron chi connectivity index (χ1n) is 5.54. The van der Waals surface area contributed by atoms with Crippen molar-refractivity contribution in [2.75, 3.05) is 0 Å². The maximum atomic E-state index is 10.9. The molecule has 0 aliphatic rings. The number of nitrogens with one attached hydrogen (secondary N) is 1. The molecule has 0 amide bonds. The number of aromatic carboxylic acids is 1. The molecule has 20 heavy (non-hydrogen) atoms. The standard InChI is InChI=1S/C11H8N6O2S/c1-5-6(10(18)19)2-12-11(17-5)20-9-7-8(14-3-13-7)15-4-16-9/h2-4H,1H3,(H,18,19)(H,13,14,15,16). The Kier molecular flexibility index (Phi) is 3.03. The second-order valence-corrected chi connectivity index (χ2v) is 4.79. The largest absolute Gasteiger partial charge is 0.478 e. The molecule has 3 aromatic rings. The van der Waals surface area contributed by atoms with Crippen LogP contribution >= 0.6 is 11.8 Å². The fourth-order valence-corrected chi connectivity index (χ4v) is 2.42. The molecule has 8 nitrogen and oxygen atoms in total. The van der Waals surface area contributed by atoms with E-state index in [0.717, 1.165) is 0 Å². The van der Waals surface area contributed by atoms with Crippen LogP contribution in [-0.2, 0) is 0 Å². The molecule has 2 N–H and O–H groups in total. The first kappa shape index (κ1) is 12.5. The van der Waals surface area contributed by atoms with Crippen LogP contribution in [0.15, 0.2) is 29.0 Å². The van der Waals surface area contributed by atoms with Gasteiger partial charge < -0.3 is 10.1 Å². The molecule has 0 aliphatic heterocycles. The third kappa shape index (κ3) is 2.18. The van der Waals surface area contributed by atoms with E-state index in [1.807, 2.05) is 0 Å². The molecule has 0 saturated carbocycles. The summed E-state index contributed by atoms with van der Waals surface area (Å²) in [5.41, 5.74) is 1.75. The van der Waals surface area contributed by atoms with E-state index in [4.69, 9.17) is 5.11 Å². The van der Waals surface area contributed by atoms with Gasteiger partial charge in [-0.3, -0.25) is 0 Å². The van der Waals surface area contributed by atoms with Gasteiger partial charge in [0, 0.05) is 6.20 Å². The number of carboxylic acids is 1. The molecule has 0 unspecified atom stereocenters. The van der Waals surface area contributed by atoms with Crippen LogP contribution in [0.3, 0.4) is 0 Å². The quantitative estimate of drug-likeness (QED) is 0.547. The fraction of sp³-hybridized carbons (Fsp3) is 0.0909. The minimum Gasteiger partial charge on any atom is -0.478 e. The Morgan fingerprint density at radius 1 is 1.30 bits per heavy atom. The van der Waals surface area contributed by atoms with Gasteiger partial charge in [-0.05, 0) is 18.7 Å². The Balaban J connectivity index is 1.97. The maximum Gasteiger partial charge on any atom is 0.339 e. The minimum atomic E-state index is -1.04. The molecule has 3 aromatic heterocycles. The molecule has 0 saturated heterocycles. The van der Waals surface area contributed by atoms with E-state index in [1.165, 1.54) is 30.6 Å². The fourth-order valence-electron chi connectivity index (χ4n) is 1.61. The highest BCUT2D eigenvalue weighted by molar-refractivity contribution is 7.99. The van der Waals surface area contributed by atoms with Gasteiger partial charge in [-0.2, -0.15) is 0 Å². The third-order valence-corrected chi connectivity index (χ3v) is 3.45. The van der Waals surface area contributed by atoms with Crippen molar-refractivity contribution >= 4 is 28.9 Å². The third-order valence-electron chi connectivity index (χ3n) is 2.56. The summed E-state index contributed by atoms with van der Waals surface area (Å²) in [5.74, 6) is -1.04. The van der Waals surface area contributed by atoms with E-state index in [9.17, 15) is 4.79 Å². The Morgan fingerprint density at radius 2 is 2.15 bits per heavy atom. The highest BCUT2D eigenvalue weighted by Crippen LogP contribution is 2.27. The number of aromatic amines is 1. The second-order valence-electron chi connectivity index (χ2n) is 3.84. The molecular formula is C11H8N6O2S. The minimum absolute atomic E-state index is 0.0868. The summed E-state index contributed by atoms with van der Waals surface area (Å²) in [6.45, 7) is 1.63. The van der Waals surface area contributed by atoms with Crippen LogP contribution in [0, 0.1) is 6.92 Å². The first-order valence-corrected chi connectivity index (χ1v) is 6.35. The summed E-state index contributed by atoms with van der Waals surface area (Å²) in [6, 6.07) is 0. The molecule has 0 aliphatic carbocycles. The number of imidazole rings is 1. The molecule has 3 rings (SSSR count). The van der Waals surface area contributed by atoms with Crippen LogP contribution in [0.1, 0.15) is 16.1 Å². The van der Waals surface area contributed by atoms with Gasteiger partial charge in [0.05, 0.1) is 17.6 Å². The second kappa shape index (κ2) is 4.85. The van der Waals surface area contributed by atoms with Gasteiger partial charge in [-0.25, -0.2) is 29.7 Å². The summed E-state index contributed by atoms with van der Waals surface area (Å²) in [6.07, 6.45) is 4.23. The molecular weight excluding hydrogens is 280 g/mol. The topological polar surface area (TPSA) is 118 Å². The van der Waals surface area contributed by atoms with Gasteiger partial charge in [0.1, 0.15) is 16.9 Å². The van der Waals surface area contributed by atoms with Crippen LogP contribution in [0.5, 0.6) is 0 Å². The van der Waals surface area contributed by atoms with Crippen LogP contribution in [-0.4, -0.2) is 41.0 Å². The van der Waals surface area contributed by atoms with E-state index in [1.54, 1.807) is 6.92 Å². The lowest BCUT2D eigenvalue weighted by Gasteiger charge is -2.03. The van der Waals surface area contributed by atoms with Gasteiger partial charge >= 0.3 is 5.97 Å². The summed E-state index contributed by atoms with van der Waals surface area (Å²) >= 11 is 1.22. The molecule has 3 heterocycles. The lowest BCUT2D eigenvalue weighted by molar-refractivity contribution is 0.0695. The smallest absolute Gasteiger partial charge is 0.339 e. The predicted molar refractivity (Wildman–Crippen MR) is 69.5 cm³/mol. The van der Waals surface area contributed by atoms with E-state index in [0.29, 0.717) is 27.0 Å². The van der Waals surface area contributed by atoms with Crippen molar-refractivity contribution in [1.29, 1.82) is 0 Å². The van der Waals surface area contributed by atoms with Gasteiger partial charge in [0.2, 0.25) is 0 Å². The van der Waals surface area contributed by atoms with Crippen LogP contribution in [0.2, 0.25) is 0 Å². The van der Waals surface area contributed by atoms with Crippen LogP contribution in [0.25, 0.3) is 11.2 Å². The number of rotatable bonds is 3. The van der Waals surface area contributed by atoms with Gasteiger partial charge in [0.15, 0.2) is 10.8 Å². The Morgan fingerprint density at radius 3 is 2.90 bits per heavy atom. The predicted octanol–water partition coefficient (Wildman–Crippen LogP) is 1.30. The van der Waals surface area contributed by atoms with E-state index < -0.39 is 5.97 Å². The van der Waals surface area contributed by atoms with Crippen molar-refractivity contribution in [3.63, 3.8) is 0 Å². The number of fused-ring (bicyclic) bond motifs is 1. The Labute approximate surface area is 116 Å². The summed E-state index contributed by atoms with van der Waals surface area (Å²) < 4.78 is 0. The van der Waals surface area contributed by atoms with E-state index in [-0.39, 0.29) is 5.56 Å². The average Bonchev–Trinajstić information content (AvgIpc) is 2.87. The van der Waals surface area contributed by atoms with Crippen molar-refractivity contribution in [3.05, 3.63) is 30.1 Å². The summed E-state index contributed by atoms with van der Waals surface area (Å²) in [4.78, 5) is 34.2. The van der Waals surface area contributed by atoms with E-state index in [2.05, 4.69) is 29.9 Å². The molecule has 0 bridgehead atoms. The number of hydrogen-bond acceptors (Lipinski definition) is 7. The number of nitrogens with zero attached hydrogens (tertiary/aromatic N) is 5. The molecule has 0 atom stereocenters. The van der Waals surface area contributed by atoms with Crippen molar-refractivity contribution < 1.29 is 9.90 Å². The number of carboxylic acid groups (broad SMARTS) is 1. The zero-order valence-electron chi connectivity index (χ0n) is 10.2. The van der Waals surface area contributed by atoms with Gasteiger partial charge in [0.25, 0.3) is 0 Å². The van der Waals surface area contributed by atoms with Crippen molar-refractivity contribution in [3.8, 4) is 0 Å². The maximum absolute atomic E-state index is 10.9. The lowest BCUT2D eigenvalue weighted by atomic mass is 10.2. The zero-order chi connectivity index (χ0) is 14.1. The molecule has 0 fully saturated rings. The molecule has 0 radical (unpaired) electrons. The SMILES string of the molecule is Cc1nc(Sc2ncnc3nc[nH]c23)ncc1C(=O)O. The number of carbonyl (C=O) groups is 1. The highest BCUT2D eigenvalue weighted by atomic mass is 32.2.